The fraction of sp³-hybridized carbons (Fsp3) is 0.143. The molecule has 6 nitrogen and oxygen atoms in total. The Hall–Kier alpha value is -2.76. The van der Waals surface area contributed by atoms with Crippen molar-refractivity contribution in [2.45, 2.75) is 13.0 Å². The number of aromatic nitrogens is 2. The number of aromatic carboxylic acids is 1. The summed E-state index contributed by atoms with van der Waals surface area (Å²) >= 11 is 0. The standard InChI is InChI=1S/C14H12N2O4/c1-8(11-6-3-7-20-11)16-10-5-2-4-9(13(17)18)12(10)15-14(16)19/h2-8H,1H3,(H,15,19)(H,17,18). The lowest BCUT2D eigenvalue weighted by Gasteiger charge is -2.10. The van der Waals surface area contributed by atoms with Crippen molar-refractivity contribution in [1.29, 1.82) is 0 Å². The summed E-state index contributed by atoms with van der Waals surface area (Å²) in [6.07, 6.45) is 1.54. The highest BCUT2D eigenvalue weighted by Gasteiger charge is 2.19. The monoisotopic (exact) mass is 272 g/mol. The van der Waals surface area contributed by atoms with Gasteiger partial charge in [0.25, 0.3) is 0 Å². The molecule has 0 radical (unpaired) electrons. The van der Waals surface area contributed by atoms with Crippen LogP contribution in [0.1, 0.15) is 29.1 Å². The van der Waals surface area contributed by atoms with Crippen molar-refractivity contribution >= 4 is 17.0 Å². The molecule has 1 unspecified atom stereocenters. The van der Waals surface area contributed by atoms with Crippen LogP contribution < -0.4 is 5.69 Å². The molecule has 1 atom stereocenters. The zero-order chi connectivity index (χ0) is 14.3. The molecule has 0 amide bonds. The molecule has 0 aliphatic carbocycles. The van der Waals surface area contributed by atoms with Crippen LogP contribution in [-0.2, 0) is 0 Å². The zero-order valence-corrected chi connectivity index (χ0v) is 10.7. The maximum absolute atomic E-state index is 12.1. The Morgan fingerprint density at radius 1 is 1.35 bits per heavy atom. The highest BCUT2D eigenvalue weighted by atomic mass is 16.4. The van der Waals surface area contributed by atoms with Gasteiger partial charge in [0.1, 0.15) is 5.76 Å². The third kappa shape index (κ3) is 1.73. The molecule has 0 fully saturated rings. The van der Waals surface area contributed by atoms with Crippen LogP contribution >= 0.6 is 0 Å². The average Bonchev–Trinajstić information content (AvgIpc) is 3.03. The lowest BCUT2D eigenvalue weighted by Crippen LogP contribution is -2.20. The number of carboxylic acid groups (broad SMARTS) is 1. The van der Waals surface area contributed by atoms with Gasteiger partial charge in [-0.15, -0.1) is 0 Å². The Kier molecular flexibility index (Phi) is 2.71. The summed E-state index contributed by atoms with van der Waals surface area (Å²) in [5, 5.41) is 9.16. The summed E-state index contributed by atoms with van der Waals surface area (Å²) in [5.41, 5.74) is 0.574. The first kappa shape index (κ1) is 12.3. The topological polar surface area (TPSA) is 88.2 Å². The lowest BCUT2D eigenvalue weighted by atomic mass is 10.1. The normalized spacial score (nSPS) is 12.7. The number of carbonyl (C=O) groups is 1. The van der Waals surface area contributed by atoms with Gasteiger partial charge in [0.05, 0.1) is 28.9 Å². The van der Waals surface area contributed by atoms with E-state index in [1.54, 1.807) is 24.3 Å². The number of fused-ring (bicyclic) bond motifs is 1. The molecule has 2 heterocycles. The van der Waals surface area contributed by atoms with Crippen LogP contribution in [-0.4, -0.2) is 20.6 Å². The number of benzene rings is 1. The molecule has 0 spiro atoms. The second-order valence-electron chi connectivity index (χ2n) is 4.50. The third-order valence-electron chi connectivity index (χ3n) is 3.33. The first-order valence-electron chi connectivity index (χ1n) is 6.09. The summed E-state index contributed by atoms with van der Waals surface area (Å²) < 4.78 is 6.80. The van der Waals surface area contributed by atoms with Gasteiger partial charge in [-0.05, 0) is 31.2 Å². The minimum absolute atomic E-state index is 0.0741. The molecule has 3 aromatic rings. The van der Waals surface area contributed by atoms with Gasteiger partial charge in [0, 0.05) is 0 Å². The summed E-state index contributed by atoms with van der Waals surface area (Å²) in [7, 11) is 0. The van der Waals surface area contributed by atoms with Crippen LogP contribution in [0.2, 0.25) is 0 Å². The van der Waals surface area contributed by atoms with E-state index in [9.17, 15) is 9.59 Å². The van der Waals surface area contributed by atoms with Crippen LogP contribution in [0.25, 0.3) is 11.0 Å². The summed E-state index contributed by atoms with van der Waals surface area (Å²) in [6, 6.07) is 7.98. The predicted octanol–water partition coefficient (Wildman–Crippen LogP) is 2.23. The van der Waals surface area contributed by atoms with Crippen LogP contribution in [0.4, 0.5) is 0 Å². The molecular weight excluding hydrogens is 260 g/mol. The number of furan rings is 1. The minimum atomic E-state index is -1.07. The summed E-state index contributed by atoms with van der Waals surface area (Å²) in [6.45, 7) is 1.82. The number of aromatic amines is 1. The molecule has 0 saturated heterocycles. The van der Waals surface area contributed by atoms with Crippen molar-refractivity contribution in [3.05, 3.63) is 58.4 Å². The SMILES string of the molecule is CC(c1ccco1)n1c(=O)[nH]c2c(C(=O)O)cccc21. The van der Waals surface area contributed by atoms with Crippen molar-refractivity contribution in [3.63, 3.8) is 0 Å². The van der Waals surface area contributed by atoms with E-state index in [1.807, 2.05) is 6.92 Å². The molecule has 102 valence electrons. The predicted molar refractivity (Wildman–Crippen MR) is 72.0 cm³/mol. The fourth-order valence-electron chi connectivity index (χ4n) is 2.37. The molecule has 0 saturated carbocycles. The van der Waals surface area contributed by atoms with E-state index >= 15 is 0 Å². The second-order valence-corrected chi connectivity index (χ2v) is 4.50. The maximum atomic E-state index is 12.1. The quantitative estimate of drug-likeness (QED) is 0.765. The molecule has 2 aromatic heterocycles. The molecular formula is C14H12N2O4. The molecule has 2 N–H and O–H groups in total. The highest BCUT2D eigenvalue weighted by Crippen LogP contribution is 2.23. The van der Waals surface area contributed by atoms with Crippen molar-refractivity contribution in [2.24, 2.45) is 0 Å². The summed E-state index contributed by atoms with van der Waals surface area (Å²) in [5.74, 6) is -0.441. The smallest absolute Gasteiger partial charge is 0.337 e. The molecule has 6 heteroatoms. The number of rotatable bonds is 3. The second kappa shape index (κ2) is 4.41. The molecule has 0 aliphatic rings. The maximum Gasteiger partial charge on any atom is 0.337 e. The fourth-order valence-corrected chi connectivity index (χ4v) is 2.37. The first-order valence-corrected chi connectivity index (χ1v) is 6.09. The number of nitrogens with one attached hydrogen (secondary N) is 1. The number of hydrogen-bond acceptors (Lipinski definition) is 3. The van der Waals surface area contributed by atoms with Crippen LogP contribution in [0.5, 0.6) is 0 Å². The number of para-hydroxylation sites is 1. The van der Waals surface area contributed by atoms with Gasteiger partial charge in [-0.2, -0.15) is 0 Å². The van der Waals surface area contributed by atoms with E-state index in [-0.39, 0.29) is 17.3 Å². The Balaban J connectivity index is 2.27. The average molecular weight is 272 g/mol. The van der Waals surface area contributed by atoms with Crippen molar-refractivity contribution in [3.8, 4) is 0 Å². The van der Waals surface area contributed by atoms with Crippen LogP contribution in [0.3, 0.4) is 0 Å². The van der Waals surface area contributed by atoms with Gasteiger partial charge < -0.3 is 14.5 Å². The highest BCUT2D eigenvalue weighted by molar-refractivity contribution is 6.00. The lowest BCUT2D eigenvalue weighted by molar-refractivity contribution is 0.0699. The van der Waals surface area contributed by atoms with Crippen LogP contribution in [0, 0.1) is 0 Å². The van der Waals surface area contributed by atoms with Gasteiger partial charge in [0.15, 0.2) is 0 Å². The Bertz CT molecular complexity index is 827. The van der Waals surface area contributed by atoms with Gasteiger partial charge in [0.2, 0.25) is 0 Å². The zero-order valence-electron chi connectivity index (χ0n) is 10.7. The van der Waals surface area contributed by atoms with Gasteiger partial charge in [-0.25, -0.2) is 9.59 Å². The number of nitrogens with zero attached hydrogens (tertiary/aromatic N) is 1. The van der Waals surface area contributed by atoms with Gasteiger partial charge in [-0.3, -0.25) is 4.57 Å². The van der Waals surface area contributed by atoms with E-state index in [2.05, 4.69) is 4.98 Å². The summed E-state index contributed by atoms with van der Waals surface area (Å²) in [4.78, 5) is 25.9. The first-order chi connectivity index (χ1) is 9.59. The largest absolute Gasteiger partial charge is 0.478 e. The van der Waals surface area contributed by atoms with E-state index in [4.69, 9.17) is 9.52 Å². The minimum Gasteiger partial charge on any atom is -0.478 e. The molecule has 0 aliphatic heterocycles. The van der Waals surface area contributed by atoms with Gasteiger partial charge >= 0.3 is 11.7 Å². The number of imidazole rings is 1. The van der Waals surface area contributed by atoms with Crippen LogP contribution in [0.15, 0.2) is 45.8 Å². The number of H-pyrrole nitrogens is 1. The molecule has 3 rings (SSSR count). The third-order valence-corrected chi connectivity index (χ3v) is 3.33. The number of carboxylic acids is 1. The van der Waals surface area contributed by atoms with E-state index in [0.29, 0.717) is 16.8 Å². The van der Waals surface area contributed by atoms with Crippen molar-refractivity contribution in [1.82, 2.24) is 9.55 Å². The van der Waals surface area contributed by atoms with Crippen molar-refractivity contribution in [2.75, 3.05) is 0 Å². The number of hydrogen-bond donors (Lipinski definition) is 2. The molecule has 1 aromatic carbocycles. The van der Waals surface area contributed by atoms with E-state index in [0.717, 1.165) is 0 Å². The molecule has 0 bridgehead atoms. The van der Waals surface area contributed by atoms with Gasteiger partial charge in [-0.1, -0.05) is 6.07 Å². The molecule has 20 heavy (non-hydrogen) atoms. The Morgan fingerprint density at radius 3 is 2.80 bits per heavy atom. The van der Waals surface area contributed by atoms with Crippen molar-refractivity contribution < 1.29 is 14.3 Å². The Labute approximate surface area is 113 Å². The van der Waals surface area contributed by atoms with E-state index in [1.165, 1.54) is 16.9 Å². The van der Waals surface area contributed by atoms with E-state index < -0.39 is 5.97 Å². The Morgan fingerprint density at radius 2 is 2.15 bits per heavy atom.